The molecule has 4 aliphatic rings. The van der Waals surface area contributed by atoms with Crippen molar-refractivity contribution in [1.29, 1.82) is 0 Å². The maximum absolute atomic E-state index is 6.69. The highest BCUT2D eigenvalue weighted by atomic mass is 16.5. The van der Waals surface area contributed by atoms with Crippen molar-refractivity contribution in [2.75, 3.05) is 0 Å². The Balaban J connectivity index is 1.30. The molecular weight excluding hydrogens is 304 g/mol. The predicted octanol–water partition coefficient (Wildman–Crippen LogP) is 5.58. The molecule has 4 aliphatic carbocycles. The van der Waals surface area contributed by atoms with Gasteiger partial charge in [-0.2, -0.15) is 0 Å². The molecule has 1 nitrogen and oxygen atoms in total. The average molecular weight is 328 g/mol. The van der Waals surface area contributed by atoms with Crippen LogP contribution in [-0.2, 0) is 0 Å². The van der Waals surface area contributed by atoms with Crippen LogP contribution in [0.25, 0.3) is 11.1 Å². The molecule has 0 heterocycles. The number of ether oxygens (including phenoxy) is 1. The summed E-state index contributed by atoms with van der Waals surface area (Å²) >= 11 is 0. The Morgan fingerprint density at radius 1 is 0.720 bits per heavy atom. The van der Waals surface area contributed by atoms with Crippen molar-refractivity contribution < 1.29 is 4.74 Å². The second-order valence-electron chi connectivity index (χ2n) is 8.52. The van der Waals surface area contributed by atoms with E-state index in [9.17, 15) is 0 Å². The first-order chi connectivity index (χ1) is 12.4. The summed E-state index contributed by atoms with van der Waals surface area (Å²) in [5.41, 5.74) is 2.48. The number of benzene rings is 2. The molecule has 1 heteroatoms. The Morgan fingerprint density at radius 3 is 2.36 bits per heavy atom. The monoisotopic (exact) mass is 328 g/mol. The predicted molar refractivity (Wildman–Crippen MR) is 100 cm³/mol. The molecule has 3 saturated carbocycles. The van der Waals surface area contributed by atoms with Gasteiger partial charge in [0.15, 0.2) is 0 Å². The summed E-state index contributed by atoms with van der Waals surface area (Å²) in [6.45, 7) is 0. The molecule has 0 saturated heterocycles. The minimum atomic E-state index is 0.420. The van der Waals surface area contributed by atoms with Crippen LogP contribution >= 0.6 is 0 Å². The van der Waals surface area contributed by atoms with E-state index in [2.05, 4.69) is 66.7 Å². The molecule has 6 rings (SSSR count). The van der Waals surface area contributed by atoms with Crippen LogP contribution in [0.1, 0.15) is 19.3 Å². The van der Waals surface area contributed by atoms with Gasteiger partial charge in [-0.15, -0.1) is 0 Å². The molecule has 0 aliphatic heterocycles. The summed E-state index contributed by atoms with van der Waals surface area (Å²) < 4.78 is 6.69. The van der Waals surface area contributed by atoms with Crippen molar-refractivity contribution in [3.05, 3.63) is 66.7 Å². The fourth-order valence-electron chi connectivity index (χ4n) is 6.68. The van der Waals surface area contributed by atoms with Crippen molar-refractivity contribution in [2.24, 2.45) is 35.5 Å². The molecular formula is C24H24O. The Kier molecular flexibility index (Phi) is 2.97. The zero-order valence-corrected chi connectivity index (χ0v) is 14.4. The molecule has 4 bridgehead atoms. The van der Waals surface area contributed by atoms with Crippen LogP contribution in [0.5, 0.6) is 5.75 Å². The summed E-state index contributed by atoms with van der Waals surface area (Å²) in [5, 5.41) is 0. The van der Waals surface area contributed by atoms with Crippen molar-refractivity contribution in [2.45, 2.75) is 25.4 Å². The summed E-state index contributed by atoms with van der Waals surface area (Å²) in [6.07, 6.45) is 9.56. The maximum Gasteiger partial charge on any atom is 0.127 e. The minimum Gasteiger partial charge on any atom is -0.489 e. The van der Waals surface area contributed by atoms with E-state index in [1.165, 1.54) is 30.4 Å². The fourth-order valence-corrected chi connectivity index (χ4v) is 6.68. The molecule has 2 aromatic rings. The first-order valence-electron chi connectivity index (χ1n) is 9.88. The second kappa shape index (κ2) is 5.24. The number of rotatable bonds is 3. The van der Waals surface area contributed by atoms with Crippen LogP contribution in [0.2, 0.25) is 0 Å². The summed E-state index contributed by atoms with van der Waals surface area (Å²) in [4.78, 5) is 0. The zero-order valence-electron chi connectivity index (χ0n) is 14.4. The van der Waals surface area contributed by atoms with Gasteiger partial charge in [-0.05, 0) is 66.4 Å². The second-order valence-corrected chi connectivity index (χ2v) is 8.52. The molecule has 0 N–H and O–H groups in total. The van der Waals surface area contributed by atoms with Crippen molar-refractivity contribution >= 4 is 0 Å². The van der Waals surface area contributed by atoms with Gasteiger partial charge in [-0.25, -0.2) is 0 Å². The Hall–Kier alpha value is -2.02. The first kappa shape index (κ1) is 14.2. The van der Waals surface area contributed by atoms with Crippen molar-refractivity contribution in [3.63, 3.8) is 0 Å². The van der Waals surface area contributed by atoms with Crippen LogP contribution in [0.3, 0.4) is 0 Å². The van der Waals surface area contributed by atoms with E-state index >= 15 is 0 Å². The number of fused-ring (bicyclic) bond motifs is 9. The van der Waals surface area contributed by atoms with E-state index in [1.54, 1.807) is 0 Å². The third-order valence-corrected chi connectivity index (χ3v) is 7.46. The van der Waals surface area contributed by atoms with Gasteiger partial charge in [0.1, 0.15) is 11.9 Å². The van der Waals surface area contributed by atoms with Gasteiger partial charge in [0, 0.05) is 5.56 Å². The molecule has 25 heavy (non-hydrogen) atoms. The Labute approximate surface area is 149 Å². The van der Waals surface area contributed by atoms with Crippen LogP contribution < -0.4 is 4.74 Å². The third kappa shape index (κ3) is 2.02. The standard InChI is InChI=1S/C24H24O/c1-2-6-15(7-3-1)19-8-4-5-9-21(19)25-22-14-18-13-20(22)24-17-11-10-16(12-17)23(18)24/h1-11,16-18,20,22-24H,12-14H2. The van der Waals surface area contributed by atoms with Crippen LogP contribution in [0, 0.1) is 35.5 Å². The number of hydrogen-bond donors (Lipinski definition) is 0. The fraction of sp³-hybridized carbons (Fsp3) is 0.417. The Bertz CT molecular complexity index is 823. The van der Waals surface area contributed by atoms with Crippen molar-refractivity contribution in [3.8, 4) is 16.9 Å². The molecule has 0 aromatic heterocycles. The van der Waals surface area contributed by atoms with E-state index < -0.39 is 0 Å². The normalized spacial score (nSPS) is 39.8. The molecule has 7 atom stereocenters. The lowest BCUT2D eigenvalue weighted by atomic mass is 9.72. The molecule has 0 spiro atoms. The van der Waals surface area contributed by atoms with Gasteiger partial charge in [0.2, 0.25) is 0 Å². The lowest BCUT2D eigenvalue weighted by molar-refractivity contribution is 0.0669. The van der Waals surface area contributed by atoms with Gasteiger partial charge in [0.05, 0.1) is 0 Å². The molecule has 0 amide bonds. The lowest BCUT2D eigenvalue weighted by Gasteiger charge is -2.37. The SMILES string of the molecule is C1=CC2CC1C1C3CC(Oc4ccccc4-c4ccccc4)C(C3)C21. The minimum absolute atomic E-state index is 0.420. The maximum atomic E-state index is 6.69. The number of hydrogen-bond acceptors (Lipinski definition) is 1. The molecule has 3 fully saturated rings. The van der Waals surface area contributed by atoms with Crippen LogP contribution in [0.15, 0.2) is 66.7 Å². The van der Waals surface area contributed by atoms with E-state index in [0.717, 1.165) is 41.3 Å². The Morgan fingerprint density at radius 2 is 1.48 bits per heavy atom. The van der Waals surface area contributed by atoms with Gasteiger partial charge < -0.3 is 4.74 Å². The van der Waals surface area contributed by atoms with Crippen molar-refractivity contribution in [1.82, 2.24) is 0 Å². The van der Waals surface area contributed by atoms with Gasteiger partial charge in [0.25, 0.3) is 0 Å². The van der Waals surface area contributed by atoms with Gasteiger partial charge >= 0.3 is 0 Å². The smallest absolute Gasteiger partial charge is 0.127 e. The summed E-state index contributed by atoms with van der Waals surface area (Å²) in [5.74, 6) is 6.37. The highest BCUT2D eigenvalue weighted by Gasteiger charge is 2.61. The largest absolute Gasteiger partial charge is 0.489 e. The van der Waals surface area contributed by atoms with Gasteiger partial charge in [-0.3, -0.25) is 0 Å². The number of para-hydroxylation sites is 1. The lowest BCUT2D eigenvalue weighted by Crippen LogP contribution is -2.36. The van der Waals surface area contributed by atoms with E-state index in [1.807, 2.05) is 0 Å². The van der Waals surface area contributed by atoms with Crippen LogP contribution in [-0.4, -0.2) is 6.10 Å². The molecule has 7 unspecified atom stereocenters. The van der Waals surface area contributed by atoms with Crippen LogP contribution in [0.4, 0.5) is 0 Å². The van der Waals surface area contributed by atoms with E-state index in [4.69, 9.17) is 4.74 Å². The summed E-state index contributed by atoms with van der Waals surface area (Å²) in [6, 6.07) is 19.2. The van der Waals surface area contributed by atoms with Gasteiger partial charge in [-0.1, -0.05) is 60.7 Å². The average Bonchev–Trinajstić information content (AvgIpc) is 3.42. The molecule has 2 aromatic carbocycles. The third-order valence-electron chi connectivity index (χ3n) is 7.46. The molecule has 0 radical (unpaired) electrons. The quantitative estimate of drug-likeness (QED) is 0.528. The van der Waals surface area contributed by atoms with E-state index in [0.29, 0.717) is 6.10 Å². The van der Waals surface area contributed by atoms with E-state index in [-0.39, 0.29) is 0 Å². The topological polar surface area (TPSA) is 9.23 Å². The highest BCUT2D eigenvalue weighted by Crippen LogP contribution is 2.65. The molecule has 126 valence electrons. The number of allylic oxidation sites excluding steroid dienone is 2. The summed E-state index contributed by atoms with van der Waals surface area (Å²) in [7, 11) is 0. The zero-order chi connectivity index (χ0) is 16.4. The highest BCUT2D eigenvalue weighted by molar-refractivity contribution is 5.70. The first-order valence-corrected chi connectivity index (χ1v) is 9.88.